The van der Waals surface area contributed by atoms with Gasteiger partial charge in [0.15, 0.2) is 0 Å². The van der Waals surface area contributed by atoms with Crippen LogP contribution in [-0.2, 0) is 0 Å². The fourth-order valence-corrected chi connectivity index (χ4v) is 8.36. The summed E-state index contributed by atoms with van der Waals surface area (Å²) in [5.74, 6) is 1.10. The van der Waals surface area contributed by atoms with Crippen molar-refractivity contribution in [3.63, 3.8) is 0 Å². The van der Waals surface area contributed by atoms with Gasteiger partial charge in [0.2, 0.25) is 0 Å². The molecule has 0 bridgehead atoms. The minimum absolute atomic E-state index is 0.126. The Kier molecular flexibility index (Phi) is 98.8. The molecule has 2 rings (SSSR count). The number of hydrogen-bond donors (Lipinski definition) is 12. The second-order valence-electron chi connectivity index (χ2n) is 20.6. The van der Waals surface area contributed by atoms with E-state index in [1.165, 1.54) is 212 Å². The highest BCUT2D eigenvalue weighted by Crippen LogP contribution is 2.26. The molecular formula is C62H145N13O. The zero-order valence-electron chi connectivity index (χ0n) is 52.7. The Labute approximate surface area is 477 Å². The summed E-state index contributed by atoms with van der Waals surface area (Å²) in [7, 11) is 0. The molecule has 0 aromatic heterocycles. The molecule has 0 heterocycles. The predicted molar refractivity (Wildman–Crippen MR) is 344 cm³/mol. The fraction of sp³-hybridized carbons (Fsp3) is 0.935. The number of nitrogens with two attached hydrogens (primary N) is 6. The van der Waals surface area contributed by atoms with E-state index in [0.29, 0.717) is 6.67 Å². The normalized spacial score (nSPS) is 12.9. The van der Waals surface area contributed by atoms with Gasteiger partial charge >= 0.3 is 0 Å². The quantitative estimate of drug-likeness (QED) is 0.0155. The Balaban J connectivity index is -0.000000186. The predicted octanol–water partition coefficient (Wildman–Crippen LogP) is 11.8. The molecule has 0 aromatic rings. The number of unbranched alkanes of at least 4 members (excludes halogenated alkanes) is 13. The van der Waals surface area contributed by atoms with Crippen LogP contribution in [0.1, 0.15) is 260 Å². The zero-order chi connectivity index (χ0) is 57.9. The Morgan fingerprint density at radius 3 is 1.24 bits per heavy atom. The van der Waals surface area contributed by atoms with Gasteiger partial charge in [-0.3, -0.25) is 0 Å². The van der Waals surface area contributed by atoms with Crippen LogP contribution in [0.2, 0.25) is 0 Å². The summed E-state index contributed by atoms with van der Waals surface area (Å²) < 4.78 is 0. The molecule has 0 aliphatic heterocycles. The fourth-order valence-electron chi connectivity index (χ4n) is 8.36. The van der Waals surface area contributed by atoms with E-state index in [9.17, 15) is 0 Å². The lowest BCUT2D eigenvalue weighted by atomic mass is 9.86. The lowest BCUT2D eigenvalue weighted by molar-refractivity contribution is -0.0919. The van der Waals surface area contributed by atoms with Crippen molar-refractivity contribution in [2.24, 2.45) is 40.3 Å². The monoisotopic (exact) mass is 1090 g/mol. The minimum atomic E-state index is 0.126. The highest BCUT2D eigenvalue weighted by Gasteiger charge is 2.11. The van der Waals surface area contributed by atoms with E-state index in [0.717, 1.165) is 115 Å². The van der Waals surface area contributed by atoms with Crippen LogP contribution < -0.4 is 61.0 Å². The maximum absolute atomic E-state index is 8.59. The number of hydroxylamine groups is 2. The highest BCUT2D eigenvalue weighted by molar-refractivity contribution is 4.77. The smallest absolute Gasteiger partial charge is 0.0927 e. The van der Waals surface area contributed by atoms with Gasteiger partial charge in [0.05, 0.1) is 13.3 Å². The lowest BCUT2D eigenvalue weighted by Gasteiger charge is -2.21. The first-order valence-electron chi connectivity index (χ1n) is 32.4. The molecular weight excluding hydrogens is 943 g/mol. The van der Waals surface area contributed by atoms with Gasteiger partial charge in [0, 0.05) is 32.2 Å². The molecule has 2 aliphatic carbocycles. The van der Waals surface area contributed by atoms with E-state index >= 15 is 0 Å². The van der Waals surface area contributed by atoms with Gasteiger partial charge in [-0.15, -0.1) is 0 Å². The van der Waals surface area contributed by atoms with Gasteiger partial charge in [-0.05, 0) is 148 Å². The second kappa shape index (κ2) is 87.5. The van der Waals surface area contributed by atoms with Crippen LogP contribution in [0.5, 0.6) is 0 Å². The third-order valence-electron chi connectivity index (χ3n) is 12.9. The maximum Gasteiger partial charge on any atom is 0.0927 e. The molecule has 2 saturated carbocycles. The molecule has 76 heavy (non-hydrogen) atoms. The van der Waals surface area contributed by atoms with Gasteiger partial charge in [-0.2, -0.15) is 5.06 Å². The molecule has 18 N–H and O–H groups in total. The summed E-state index contributed by atoms with van der Waals surface area (Å²) in [5.41, 5.74) is 31.9. The van der Waals surface area contributed by atoms with Crippen molar-refractivity contribution < 1.29 is 5.21 Å². The average Bonchev–Trinajstić information content (AvgIpc) is 3.44. The standard InChI is InChI=1S/C12H28N2.C9H18.2C8H20N2.C8H15N.C7H19N3.C6H14.C4H11N3O/c1-2-3-4-5-6-7-8-11-14-12-9-10-13;1-2-6-9-7-4-3-5-8-9;1-2-7-10-8-5-3-4-6-9;1-2-3-4-7-10-8-5-6-9;1-2-9-8-6-4-3-5-7-8;1-2-5-10(6-3-8)7-4-9;1-3-5-6-4-2;1-2-6-4-7(8)3-5/h14H,2-13H2,1H3;9H,2-8H2,1H3;2*10H,2-9H2,1H3;2,8-9H,1,3-7H2;2-9H2,1H3;3-6H2,1-2H3;2,6,8H,1,3-5H2. The summed E-state index contributed by atoms with van der Waals surface area (Å²) >= 11 is 0. The van der Waals surface area contributed by atoms with Gasteiger partial charge in [-0.25, -0.2) is 0 Å². The van der Waals surface area contributed by atoms with Crippen LogP contribution in [0.25, 0.3) is 0 Å². The molecule has 0 amide bonds. The van der Waals surface area contributed by atoms with Crippen LogP contribution in [-0.4, -0.2) is 126 Å². The average molecular weight is 1090 g/mol. The molecule has 464 valence electrons. The first-order valence-corrected chi connectivity index (χ1v) is 32.4. The van der Waals surface area contributed by atoms with Crippen molar-refractivity contribution >= 4 is 0 Å². The molecule has 0 aromatic carbocycles. The second-order valence-corrected chi connectivity index (χ2v) is 20.6. The molecule has 0 radical (unpaired) electrons. The van der Waals surface area contributed by atoms with Gasteiger partial charge in [-0.1, -0.05) is 209 Å². The Bertz CT molecular complexity index is 865. The van der Waals surface area contributed by atoms with Crippen LogP contribution in [0, 0.1) is 5.92 Å². The van der Waals surface area contributed by atoms with E-state index in [2.05, 4.69) is 93.1 Å². The van der Waals surface area contributed by atoms with Crippen LogP contribution in [0.15, 0.2) is 25.6 Å². The van der Waals surface area contributed by atoms with Gasteiger partial charge in [0.25, 0.3) is 0 Å². The first-order chi connectivity index (χ1) is 37.2. The Morgan fingerprint density at radius 1 is 0.421 bits per heavy atom. The Hall–Kier alpha value is -1.40. The van der Waals surface area contributed by atoms with E-state index in [1.807, 2.05) is 6.20 Å². The first kappa shape index (κ1) is 85.9. The molecule has 14 heteroatoms. The van der Waals surface area contributed by atoms with Crippen molar-refractivity contribution in [3.05, 3.63) is 25.6 Å². The highest BCUT2D eigenvalue weighted by atomic mass is 16.5. The topological polar surface area (TPSA) is 243 Å². The van der Waals surface area contributed by atoms with E-state index in [1.54, 1.807) is 0 Å². The van der Waals surface area contributed by atoms with Gasteiger partial charge in [0.1, 0.15) is 0 Å². The summed E-state index contributed by atoms with van der Waals surface area (Å²) in [6, 6.07) is 0.733. The minimum Gasteiger partial charge on any atom is -0.389 e. The summed E-state index contributed by atoms with van der Waals surface area (Å²) in [6.45, 7) is 36.9. The van der Waals surface area contributed by atoms with E-state index in [-0.39, 0.29) is 6.67 Å². The molecule has 14 nitrogen and oxygen atoms in total. The number of hydrogen-bond acceptors (Lipinski definition) is 14. The lowest BCUT2D eigenvalue weighted by Crippen LogP contribution is -2.34. The third kappa shape index (κ3) is 92.0. The van der Waals surface area contributed by atoms with Crippen molar-refractivity contribution in [3.8, 4) is 0 Å². The molecule has 0 spiro atoms. The summed E-state index contributed by atoms with van der Waals surface area (Å²) in [6.07, 6.45) is 48.2. The van der Waals surface area contributed by atoms with Crippen molar-refractivity contribution in [2.45, 2.75) is 266 Å². The van der Waals surface area contributed by atoms with Crippen molar-refractivity contribution in [1.82, 2.24) is 36.5 Å². The molecule has 0 atom stereocenters. The largest absolute Gasteiger partial charge is 0.389 e. The van der Waals surface area contributed by atoms with E-state index < -0.39 is 0 Å². The van der Waals surface area contributed by atoms with Crippen molar-refractivity contribution in [2.75, 3.05) is 105 Å². The third-order valence-corrected chi connectivity index (χ3v) is 12.9. The van der Waals surface area contributed by atoms with Crippen LogP contribution in [0.3, 0.4) is 0 Å². The molecule has 2 aliphatic rings. The van der Waals surface area contributed by atoms with Crippen LogP contribution >= 0.6 is 0 Å². The summed E-state index contributed by atoms with van der Waals surface area (Å²) in [4.78, 5) is 2.29. The SMILES string of the molecule is C=CNC1CCCCC1.C=CNCN(O)CN.CCCC1CCCCC1.CCCCCC.CCCCCCCCCNCCCN.CCCCCNCCCN.CCCN(CCN)CCN.CCCNCCCCCN. The van der Waals surface area contributed by atoms with E-state index in [4.69, 9.17) is 39.6 Å². The summed E-state index contributed by atoms with van der Waals surface area (Å²) in [5, 5.41) is 25.5. The van der Waals surface area contributed by atoms with Crippen molar-refractivity contribution in [1.29, 1.82) is 0 Å². The van der Waals surface area contributed by atoms with Gasteiger partial charge < -0.3 is 71.1 Å². The van der Waals surface area contributed by atoms with Crippen LogP contribution in [0.4, 0.5) is 0 Å². The molecule has 2 fully saturated rings. The number of nitrogens with one attached hydrogen (secondary N) is 5. The zero-order valence-corrected chi connectivity index (χ0v) is 52.7. The Morgan fingerprint density at radius 2 is 0.829 bits per heavy atom. The molecule has 0 saturated heterocycles. The number of rotatable bonds is 42. The molecule has 0 unspecified atom stereocenters. The number of nitrogens with zero attached hydrogens (tertiary/aromatic N) is 2. The maximum atomic E-state index is 8.59.